The predicted octanol–water partition coefficient (Wildman–Crippen LogP) is 2.04. The van der Waals surface area contributed by atoms with Gasteiger partial charge in [-0.05, 0) is 31.2 Å². The van der Waals surface area contributed by atoms with Crippen LogP contribution in [0.15, 0.2) is 58.2 Å². The minimum Gasteiger partial charge on any atom is -0.330 e. The van der Waals surface area contributed by atoms with E-state index in [1.54, 1.807) is 6.07 Å². The van der Waals surface area contributed by atoms with Crippen molar-refractivity contribution in [1.29, 1.82) is 0 Å². The lowest BCUT2D eigenvalue weighted by molar-refractivity contribution is -0.891. The summed E-state index contributed by atoms with van der Waals surface area (Å²) in [6.07, 6.45) is 0. The number of hydrogen-bond donors (Lipinski definition) is 2. The summed E-state index contributed by atoms with van der Waals surface area (Å²) in [7, 11) is 2.13. The molecule has 2 aromatic carbocycles. The molecule has 124 valence electrons. The van der Waals surface area contributed by atoms with E-state index >= 15 is 0 Å². The van der Waals surface area contributed by atoms with E-state index in [-0.39, 0.29) is 5.56 Å². The van der Waals surface area contributed by atoms with E-state index in [0.717, 1.165) is 23.6 Å². The highest BCUT2D eigenvalue weighted by atomic mass is 32.2. The number of thioether (sulfide) groups is 1. The molecule has 1 atom stereocenters. The van der Waals surface area contributed by atoms with Crippen molar-refractivity contribution in [2.24, 2.45) is 0 Å². The average Bonchev–Trinajstić information content (AvgIpc) is 2.57. The second-order valence-electron chi connectivity index (χ2n) is 6.08. The van der Waals surface area contributed by atoms with Gasteiger partial charge in [0.1, 0.15) is 6.54 Å². The molecule has 3 aromatic rings. The molecule has 1 unspecified atom stereocenters. The van der Waals surface area contributed by atoms with Gasteiger partial charge < -0.3 is 9.88 Å². The number of aryl methyl sites for hydroxylation is 1. The van der Waals surface area contributed by atoms with E-state index in [4.69, 9.17) is 0 Å². The zero-order chi connectivity index (χ0) is 16.9. The standard InChI is InChI=1S/C19H21N3OS/c1-14-7-9-15(10-8-14)24-12-11-22(2)13-18-20-17-6-4-3-5-16(17)19(23)21-18/h3-10H,11-13H2,1-2H3,(H,20,21,23)/p+1. The highest BCUT2D eigenvalue weighted by Crippen LogP contribution is 2.17. The Kier molecular flexibility index (Phi) is 5.33. The van der Waals surface area contributed by atoms with Crippen LogP contribution in [-0.4, -0.2) is 29.3 Å². The number of para-hydroxylation sites is 1. The third kappa shape index (κ3) is 4.24. The highest BCUT2D eigenvalue weighted by molar-refractivity contribution is 7.99. The molecular weight excluding hydrogens is 318 g/mol. The van der Waals surface area contributed by atoms with E-state index < -0.39 is 0 Å². The van der Waals surface area contributed by atoms with Gasteiger partial charge in [0.05, 0.1) is 24.5 Å². The normalized spacial score (nSPS) is 12.4. The topological polar surface area (TPSA) is 50.2 Å². The zero-order valence-corrected chi connectivity index (χ0v) is 14.8. The summed E-state index contributed by atoms with van der Waals surface area (Å²) in [6, 6.07) is 16.1. The Hall–Kier alpha value is -2.11. The van der Waals surface area contributed by atoms with Crippen LogP contribution < -0.4 is 10.5 Å². The van der Waals surface area contributed by atoms with Gasteiger partial charge in [-0.1, -0.05) is 29.8 Å². The smallest absolute Gasteiger partial charge is 0.258 e. The van der Waals surface area contributed by atoms with Crippen LogP contribution in [0, 0.1) is 6.92 Å². The molecule has 1 heterocycles. The molecule has 0 aliphatic carbocycles. The second kappa shape index (κ2) is 7.64. The van der Waals surface area contributed by atoms with Gasteiger partial charge in [0.25, 0.3) is 5.56 Å². The summed E-state index contributed by atoms with van der Waals surface area (Å²) in [5.74, 6) is 1.78. The number of nitrogens with one attached hydrogen (secondary N) is 2. The summed E-state index contributed by atoms with van der Waals surface area (Å²) in [4.78, 5) is 22.2. The summed E-state index contributed by atoms with van der Waals surface area (Å²) in [6.45, 7) is 3.83. The Morgan fingerprint density at radius 1 is 1.12 bits per heavy atom. The molecule has 3 rings (SSSR count). The van der Waals surface area contributed by atoms with Gasteiger partial charge in [0, 0.05) is 10.6 Å². The van der Waals surface area contributed by atoms with Crippen LogP contribution in [0.25, 0.3) is 10.9 Å². The largest absolute Gasteiger partial charge is 0.330 e. The van der Waals surface area contributed by atoms with Crippen molar-refractivity contribution in [2.45, 2.75) is 18.4 Å². The quantitative estimate of drug-likeness (QED) is 0.675. The Bertz CT molecular complexity index is 874. The number of quaternary nitrogens is 1. The van der Waals surface area contributed by atoms with Gasteiger partial charge >= 0.3 is 0 Å². The van der Waals surface area contributed by atoms with Crippen LogP contribution in [0.3, 0.4) is 0 Å². The van der Waals surface area contributed by atoms with Crippen molar-refractivity contribution in [2.75, 3.05) is 19.3 Å². The fourth-order valence-electron chi connectivity index (χ4n) is 2.57. The number of benzene rings is 2. The lowest BCUT2D eigenvalue weighted by Crippen LogP contribution is -3.08. The molecule has 0 saturated heterocycles. The predicted molar refractivity (Wildman–Crippen MR) is 99.7 cm³/mol. The molecular formula is C19H22N3OS+. The number of fused-ring (bicyclic) bond motifs is 1. The average molecular weight is 340 g/mol. The number of hydrogen-bond acceptors (Lipinski definition) is 3. The van der Waals surface area contributed by atoms with Crippen LogP contribution in [0.5, 0.6) is 0 Å². The van der Waals surface area contributed by atoms with Crippen molar-refractivity contribution in [3.05, 3.63) is 70.3 Å². The van der Waals surface area contributed by atoms with Crippen molar-refractivity contribution >= 4 is 22.7 Å². The molecule has 2 N–H and O–H groups in total. The van der Waals surface area contributed by atoms with Crippen molar-refractivity contribution in [1.82, 2.24) is 9.97 Å². The van der Waals surface area contributed by atoms with Gasteiger partial charge in [-0.3, -0.25) is 4.79 Å². The number of aromatic amines is 1. The van der Waals surface area contributed by atoms with Gasteiger partial charge in [0.2, 0.25) is 0 Å². The van der Waals surface area contributed by atoms with Crippen LogP contribution >= 0.6 is 11.8 Å². The van der Waals surface area contributed by atoms with E-state index in [2.05, 4.69) is 48.2 Å². The minimum atomic E-state index is -0.0579. The Balaban J connectivity index is 1.57. The number of nitrogens with zero attached hydrogens (tertiary/aromatic N) is 1. The second-order valence-corrected chi connectivity index (χ2v) is 7.24. The lowest BCUT2D eigenvalue weighted by Gasteiger charge is -2.13. The molecule has 0 radical (unpaired) electrons. The SMILES string of the molecule is Cc1ccc(SCC[NH+](C)Cc2nc3ccccc3c(=O)[nH]2)cc1. The maximum Gasteiger partial charge on any atom is 0.258 e. The minimum absolute atomic E-state index is 0.0579. The first-order valence-electron chi connectivity index (χ1n) is 8.10. The number of H-pyrrole nitrogens is 1. The monoisotopic (exact) mass is 340 g/mol. The molecule has 0 saturated carbocycles. The Morgan fingerprint density at radius 2 is 1.88 bits per heavy atom. The van der Waals surface area contributed by atoms with Gasteiger partial charge in [-0.15, -0.1) is 11.8 Å². The van der Waals surface area contributed by atoms with Crippen molar-refractivity contribution < 1.29 is 4.90 Å². The van der Waals surface area contributed by atoms with Crippen LogP contribution in [-0.2, 0) is 6.54 Å². The van der Waals surface area contributed by atoms with E-state index in [1.807, 2.05) is 30.0 Å². The molecule has 0 aliphatic rings. The first kappa shape index (κ1) is 16.7. The fourth-order valence-corrected chi connectivity index (χ4v) is 3.59. The summed E-state index contributed by atoms with van der Waals surface area (Å²) < 4.78 is 0. The maximum atomic E-state index is 12.1. The molecule has 24 heavy (non-hydrogen) atoms. The molecule has 0 amide bonds. The van der Waals surface area contributed by atoms with Crippen molar-refractivity contribution in [3.8, 4) is 0 Å². The van der Waals surface area contributed by atoms with E-state index in [9.17, 15) is 4.79 Å². The summed E-state index contributed by atoms with van der Waals surface area (Å²) in [5.41, 5.74) is 1.99. The van der Waals surface area contributed by atoms with E-state index in [0.29, 0.717) is 11.9 Å². The first-order valence-corrected chi connectivity index (χ1v) is 9.09. The van der Waals surface area contributed by atoms with Gasteiger partial charge in [-0.2, -0.15) is 0 Å². The molecule has 0 fully saturated rings. The van der Waals surface area contributed by atoms with Crippen molar-refractivity contribution in [3.63, 3.8) is 0 Å². The van der Waals surface area contributed by atoms with Crippen LogP contribution in [0.1, 0.15) is 11.4 Å². The molecule has 0 bridgehead atoms. The molecule has 4 nitrogen and oxygen atoms in total. The van der Waals surface area contributed by atoms with Gasteiger partial charge in [0.15, 0.2) is 5.82 Å². The van der Waals surface area contributed by atoms with Crippen LogP contribution in [0.4, 0.5) is 0 Å². The lowest BCUT2D eigenvalue weighted by atomic mass is 10.2. The number of aromatic nitrogens is 2. The third-order valence-corrected chi connectivity index (χ3v) is 4.96. The van der Waals surface area contributed by atoms with Gasteiger partial charge in [-0.25, -0.2) is 4.98 Å². The summed E-state index contributed by atoms with van der Waals surface area (Å²) in [5, 5.41) is 0.647. The zero-order valence-electron chi connectivity index (χ0n) is 14.0. The first-order chi connectivity index (χ1) is 11.6. The summed E-state index contributed by atoms with van der Waals surface area (Å²) >= 11 is 1.86. The number of rotatable bonds is 6. The molecule has 1 aromatic heterocycles. The highest BCUT2D eigenvalue weighted by Gasteiger charge is 2.09. The molecule has 0 aliphatic heterocycles. The third-order valence-electron chi connectivity index (χ3n) is 3.95. The Labute approximate surface area is 145 Å². The molecule has 0 spiro atoms. The maximum absolute atomic E-state index is 12.1. The van der Waals surface area contributed by atoms with Crippen LogP contribution in [0.2, 0.25) is 0 Å². The molecule has 5 heteroatoms. The Morgan fingerprint density at radius 3 is 2.67 bits per heavy atom. The fraction of sp³-hybridized carbons (Fsp3) is 0.263. The van der Waals surface area contributed by atoms with E-state index in [1.165, 1.54) is 15.4 Å².